The van der Waals surface area contributed by atoms with Gasteiger partial charge in [-0.15, -0.1) is 0 Å². The van der Waals surface area contributed by atoms with Crippen LogP contribution in [0.1, 0.15) is 22.3 Å². The summed E-state index contributed by atoms with van der Waals surface area (Å²) in [5.41, 5.74) is 2.04. The molecule has 2 aromatic carbocycles. The minimum atomic E-state index is -0.538. The lowest BCUT2D eigenvalue weighted by molar-refractivity contribution is -0.131. The average Bonchev–Trinajstić information content (AvgIpc) is 2.88. The van der Waals surface area contributed by atoms with E-state index in [2.05, 4.69) is 9.97 Å². The lowest BCUT2D eigenvalue weighted by atomic mass is 10.1. The Morgan fingerprint density at radius 3 is 2.46 bits per heavy atom. The number of aromatic nitrogens is 4. The van der Waals surface area contributed by atoms with Crippen molar-refractivity contribution in [3.05, 3.63) is 122 Å². The fourth-order valence-corrected chi connectivity index (χ4v) is 4.59. The fourth-order valence-electron chi connectivity index (χ4n) is 3.70. The molecule has 0 aliphatic carbocycles. The number of halogens is 1. The van der Waals surface area contributed by atoms with Crippen LogP contribution in [0.2, 0.25) is 0 Å². The molecule has 0 saturated carbocycles. The molecule has 8 nitrogen and oxygen atoms in total. The van der Waals surface area contributed by atoms with Gasteiger partial charge in [-0.05, 0) is 28.8 Å². The molecule has 0 fully saturated rings. The van der Waals surface area contributed by atoms with Gasteiger partial charge in [0.2, 0.25) is 5.91 Å². The number of benzene rings is 2. The maximum Gasteiger partial charge on any atom is 0.347 e. The van der Waals surface area contributed by atoms with E-state index in [9.17, 15) is 18.8 Å². The second-order valence-electron chi connectivity index (χ2n) is 8.66. The van der Waals surface area contributed by atoms with E-state index in [4.69, 9.17) is 0 Å². The molecule has 0 unspecified atom stereocenters. The van der Waals surface area contributed by atoms with Gasteiger partial charge in [-0.2, -0.15) is 4.98 Å². The van der Waals surface area contributed by atoms with Crippen molar-refractivity contribution in [2.75, 3.05) is 7.05 Å². The Morgan fingerprint density at radius 2 is 1.73 bits per heavy atom. The number of likely N-dealkylation sites (N-methyl/N-ethyl adjacent to an activating group) is 1. The minimum absolute atomic E-state index is 0.155. The van der Waals surface area contributed by atoms with Crippen LogP contribution in [0.25, 0.3) is 0 Å². The largest absolute Gasteiger partial charge is 0.347 e. The zero-order chi connectivity index (χ0) is 26.4. The Hall–Kier alpha value is -4.05. The van der Waals surface area contributed by atoms with Crippen LogP contribution in [0.5, 0.6) is 0 Å². The van der Waals surface area contributed by atoms with Gasteiger partial charge in [0.05, 0.1) is 0 Å². The molecule has 0 aliphatic heterocycles. The summed E-state index contributed by atoms with van der Waals surface area (Å²) in [6.07, 6.45) is 4.88. The first kappa shape index (κ1) is 26.0. The van der Waals surface area contributed by atoms with Gasteiger partial charge >= 0.3 is 5.69 Å². The van der Waals surface area contributed by atoms with Crippen molar-refractivity contribution in [3.8, 4) is 0 Å². The van der Waals surface area contributed by atoms with Crippen LogP contribution in [-0.2, 0) is 37.1 Å². The van der Waals surface area contributed by atoms with E-state index in [0.29, 0.717) is 28.6 Å². The lowest BCUT2D eigenvalue weighted by Crippen LogP contribution is -2.34. The number of rotatable bonds is 9. The zero-order valence-corrected chi connectivity index (χ0v) is 21.3. The molecule has 4 rings (SSSR count). The van der Waals surface area contributed by atoms with E-state index in [1.807, 2.05) is 30.3 Å². The SMILES string of the molecule is CN(Cc1ccccc1)C(=O)Cn1cc(Cc2cn(C)c(SCc3ccc(F)cc3)nc2=O)cnc1=O. The van der Waals surface area contributed by atoms with Crippen molar-refractivity contribution < 1.29 is 9.18 Å². The van der Waals surface area contributed by atoms with Crippen molar-refractivity contribution in [2.24, 2.45) is 7.05 Å². The second-order valence-corrected chi connectivity index (χ2v) is 9.61. The van der Waals surface area contributed by atoms with Gasteiger partial charge in [-0.25, -0.2) is 14.2 Å². The van der Waals surface area contributed by atoms with E-state index < -0.39 is 5.69 Å². The smallest absolute Gasteiger partial charge is 0.340 e. The molecule has 2 aromatic heterocycles. The molecular weight excluding hydrogens is 493 g/mol. The molecule has 0 atom stereocenters. The predicted molar refractivity (Wildman–Crippen MR) is 140 cm³/mol. The van der Waals surface area contributed by atoms with Gasteiger partial charge in [0, 0.05) is 57.0 Å². The van der Waals surface area contributed by atoms with Crippen LogP contribution in [0.3, 0.4) is 0 Å². The number of thioether (sulfide) groups is 1. The second kappa shape index (κ2) is 11.8. The van der Waals surface area contributed by atoms with Crippen LogP contribution in [-0.4, -0.2) is 37.0 Å². The van der Waals surface area contributed by atoms with Gasteiger partial charge in [-0.1, -0.05) is 54.2 Å². The molecule has 0 spiro atoms. The predicted octanol–water partition coefficient (Wildman–Crippen LogP) is 3.02. The molecule has 0 N–H and O–H groups in total. The monoisotopic (exact) mass is 519 g/mol. The molecule has 37 heavy (non-hydrogen) atoms. The summed E-state index contributed by atoms with van der Waals surface area (Å²) in [7, 11) is 3.48. The van der Waals surface area contributed by atoms with E-state index in [0.717, 1.165) is 11.1 Å². The Labute approximate surface area is 217 Å². The van der Waals surface area contributed by atoms with Crippen LogP contribution in [0.15, 0.2) is 87.9 Å². The number of nitrogens with zero attached hydrogens (tertiary/aromatic N) is 5. The number of carbonyl (C=O) groups excluding carboxylic acids is 1. The van der Waals surface area contributed by atoms with Crippen molar-refractivity contribution in [1.29, 1.82) is 0 Å². The minimum Gasteiger partial charge on any atom is -0.340 e. The summed E-state index contributed by atoms with van der Waals surface area (Å²) in [6.45, 7) is 0.271. The van der Waals surface area contributed by atoms with Gasteiger partial charge in [-0.3, -0.25) is 14.2 Å². The summed E-state index contributed by atoms with van der Waals surface area (Å²) >= 11 is 1.38. The van der Waals surface area contributed by atoms with Crippen molar-refractivity contribution >= 4 is 17.7 Å². The normalized spacial score (nSPS) is 10.9. The highest BCUT2D eigenvalue weighted by Gasteiger charge is 2.14. The first-order valence-electron chi connectivity index (χ1n) is 11.6. The number of carbonyl (C=O) groups is 1. The Bertz CT molecular complexity index is 1500. The highest BCUT2D eigenvalue weighted by atomic mass is 32.2. The summed E-state index contributed by atoms with van der Waals surface area (Å²) < 4.78 is 16.1. The van der Waals surface area contributed by atoms with Crippen molar-refractivity contribution in [2.45, 2.75) is 30.4 Å². The topological polar surface area (TPSA) is 90.1 Å². The number of hydrogen-bond acceptors (Lipinski definition) is 6. The molecule has 190 valence electrons. The van der Waals surface area contributed by atoms with Crippen molar-refractivity contribution in [1.82, 2.24) is 24.0 Å². The van der Waals surface area contributed by atoms with Gasteiger partial charge in [0.1, 0.15) is 12.4 Å². The third-order valence-corrected chi connectivity index (χ3v) is 6.82. The maximum atomic E-state index is 13.1. The Morgan fingerprint density at radius 1 is 1.00 bits per heavy atom. The third kappa shape index (κ3) is 7.01. The fraction of sp³-hybridized carbons (Fsp3) is 0.222. The zero-order valence-electron chi connectivity index (χ0n) is 20.5. The quantitative estimate of drug-likeness (QED) is 0.250. The highest BCUT2D eigenvalue weighted by Crippen LogP contribution is 2.20. The molecule has 1 amide bonds. The summed E-state index contributed by atoms with van der Waals surface area (Å²) in [4.78, 5) is 47.3. The summed E-state index contributed by atoms with van der Waals surface area (Å²) in [5, 5.41) is 0.535. The summed E-state index contributed by atoms with van der Waals surface area (Å²) in [5.74, 6) is 0.0136. The maximum absolute atomic E-state index is 13.1. The Balaban J connectivity index is 1.43. The number of amides is 1. The molecular formula is C27H26FN5O3S. The molecule has 2 heterocycles. The molecule has 4 aromatic rings. The van der Waals surface area contributed by atoms with Crippen molar-refractivity contribution in [3.63, 3.8) is 0 Å². The first-order valence-corrected chi connectivity index (χ1v) is 12.5. The van der Waals surface area contributed by atoms with Crippen LogP contribution in [0, 0.1) is 5.82 Å². The van der Waals surface area contributed by atoms with E-state index in [-0.39, 0.29) is 30.2 Å². The number of hydrogen-bond donors (Lipinski definition) is 0. The number of aryl methyl sites for hydroxylation is 1. The van der Waals surface area contributed by atoms with E-state index in [1.165, 1.54) is 34.7 Å². The third-order valence-electron chi connectivity index (χ3n) is 5.70. The lowest BCUT2D eigenvalue weighted by Gasteiger charge is -2.18. The van der Waals surface area contributed by atoms with Gasteiger partial charge < -0.3 is 9.47 Å². The van der Waals surface area contributed by atoms with Crippen LogP contribution >= 0.6 is 11.8 Å². The molecule has 10 heteroatoms. The first-order chi connectivity index (χ1) is 17.8. The molecule has 0 aliphatic rings. The van der Waals surface area contributed by atoms with Gasteiger partial charge in [0.15, 0.2) is 5.16 Å². The van der Waals surface area contributed by atoms with Crippen LogP contribution < -0.4 is 11.2 Å². The standard InChI is InChI=1S/C27H26FN5O3S/c1-31(14-19-6-4-3-5-7-19)24(34)17-33-15-21(13-29-26(33)36)12-22-16-32(2)27(30-25(22)35)37-18-20-8-10-23(28)11-9-20/h3-11,13,15-16H,12,14,17-18H2,1-2H3. The Kier molecular flexibility index (Phi) is 8.29. The van der Waals surface area contributed by atoms with E-state index >= 15 is 0 Å². The average molecular weight is 520 g/mol. The van der Waals surface area contributed by atoms with E-state index in [1.54, 1.807) is 48.1 Å². The molecule has 0 radical (unpaired) electrons. The van der Waals surface area contributed by atoms with Gasteiger partial charge in [0.25, 0.3) is 5.56 Å². The molecule has 0 saturated heterocycles. The molecule has 0 bridgehead atoms. The highest BCUT2D eigenvalue weighted by molar-refractivity contribution is 7.98. The van der Waals surface area contributed by atoms with Crippen LogP contribution in [0.4, 0.5) is 4.39 Å². The summed E-state index contributed by atoms with van der Waals surface area (Å²) in [6, 6.07) is 15.8.